The quantitative estimate of drug-likeness (QED) is 0.171. The Morgan fingerprint density at radius 3 is 1.62 bits per heavy atom. The third-order valence-corrected chi connectivity index (χ3v) is 17.7. The molecule has 2 N–H and O–H groups in total. The van der Waals surface area contributed by atoms with Crippen molar-refractivity contribution in [2.45, 2.75) is 38.6 Å². The van der Waals surface area contributed by atoms with Crippen molar-refractivity contribution in [2.24, 2.45) is 0 Å². The van der Waals surface area contributed by atoms with E-state index in [9.17, 15) is 0 Å². The van der Waals surface area contributed by atoms with Crippen LogP contribution in [-0.2, 0) is 12.8 Å². The van der Waals surface area contributed by atoms with Gasteiger partial charge in [-0.15, -0.1) is 0 Å². The van der Waals surface area contributed by atoms with E-state index < -0.39 is 0 Å². The van der Waals surface area contributed by atoms with Crippen LogP contribution in [0.1, 0.15) is 33.7 Å². The number of H-pyrrole nitrogens is 2. The second-order valence-corrected chi connectivity index (χ2v) is 21.9. The van der Waals surface area contributed by atoms with Gasteiger partial charge in [0.1, 0.15) is 5.82 Å². The Balaban J connectivity index is 0.821. The van der Waals surface area contributed by atoms with Gasteiger partial charge in [-0.3, -0.25) is 4.57 Å². The van der Waals surface area contributed by atoms with Gasteiger partial charge in [0.25, 0.3) is 0 Å². The van der Waals surface area contributed by atoms with Crippen LogP contribution in [0.3, 0.4) is 0 Å². The van der Waals surface area contributed by atoms with Crippen molar-refractivity contribution < 1.29 is 0 Å². The van der Waals surface area contributed by atoms with E-state index in [-0.39, 0.29) is 12.0 Å². The van der Waals surface area contributed by atoms with Crippen molar-refractivity contribution in [1.29, 1.82) is 0 Å². The number of fused-ring (bicyclic) bond motifs is 15. The van der Waals surface area contributed by atoms with E-state index in [1.165, 1.54) is 149 Å². The van der Waals surface area contributed by atoms with E-state index in [1.54, 1.807) is 0 Å². The minimum atomic E-state index is 0.252. The highest BCUT2D eigenvalue weighted by Gasteiger charge is 2.37. The highest BCUT2D eigenvalue weighted by atomic mass is 15.2. The first-order valence-corrected chi connectivity index (χ1v) is 27.4. The molecule has 1 aliphatic heterocycles. The van der Waals surface area contributed by atoms with Crippen LogP contribution in [0.4, 0.5) is 11.4 Å². The molecule has 5 aromatic heterocycles. The van der Waals surface area contributed by atoms with Crippen LogP contribution in [0.25, 0.3) is 116 Å². The molecule has 6 heterocycles. The van der Waals surface area contributed by atoms with Gasteiger partial charge in [-0.25, -0.2) is 0 Å². The normalized spacial score (nSPS) is 15.6. The Morgan fingerprint density at radius 2 is 0.962 bits per heavy atom. The van der Waals surface area contributed by atoms with E-state index in [1.807, 2.05) is 0 Å². The fourth-order valence-corrected chi connectivity index (χ4v) is 14.0. The Bertz CT molecular complexity index is 4890. The standard InChI is InChI=1S/C72H52N6/c1-43-31-32-74-72(43)78-68-30-26-48(46-24-28-66-58(34-46)54-18-10-12-20-64(54)76(66)52-15-7-4-8-16-52)36-60(68)62-38-50-22-21-49-37-61-59-35-47(25-29-67(59)77(71-42-73-41-44(71)2)69(61)39-55(49)56(50)40-70(62)78)45-23-27-65-57(33-45)53-17-9-11-19-63(53)75(65)51-13-5-3-6-14-51/h3-20,23-42,53,63,73-74H,21-22H2,1-2H3. The lowest BCUT2D eigenvalue weighted by Crippen LogP contribution is -2.28. The SMILES string of the molecule is Cc1c[nH]cc1-n1c2ccc(-c3ccc4c(c3)C3C=CC=CC3N4c3ccccc3)cc2c2cc3c(cc21)-c1cc2c(cc1CC3)c1cc(-c3ccc4c(c3)c3ccccc3n4-c3ccccc3)ccc1n2-c1[nH]ccc1C. The predicted octanol–water partition coefficient (Wildman–Crippen LogP) is 18.1. The molecule has 0 saturated carbocycles. The van der Waals surface area contributed by atoms with E-state index >= 15 is 0 Å². The lowest BCUT2D eigenvalue weighted by atomic mass is 9.84. The number of aromatic amines is 2. The van der Waals surface area contributed by atoms with Crippen molar-refractivity contribution in [3.8, 4) is 50.6 Å². The molecular weight excluding hydrogens is 949 g/mol. The molecule has 17 rings (SSSR count). The molecule has 9 aromatic carbocycles. The Labute approximate surface area is 451 Å². The molecule has 78 heavy (non-hydrogen) atoms. The van der Waals surface area contributed by atoms with E-state index in [2.05, 4.69) is 273 Å². The summed E-state index contributed by atoms with van der Waals surface area (Å²) in [5, 5.41) is 7.62. The van der Waals surface area contributed by atoms with Crippen molar-refractivity contribution >= 4 is 76.8 Å². The highest BCUT2D eigenvalue weighted by Crippen LogP contribution is 2.50. The third kappa shape index (κ3) is 6.20. The van der Waals surface area contributed by atoms with Crippen LogP contribution in [0.2, 0.25) is 0 Å². The fourth-order valence-electron chi connectivity index (χ4n) is 14.0. The molecule has 2 atom stereocenters. The largest absolute Gasteiger partial charge is 0.366 e. The number of aromatic nitrogens is 5. The molecule has 0 spiro atoms. The molecular formula is C72H52N6. The molecule has 0 bridgehead atoms. The molecule has 14 aromatic rings. The lowest BCUT2D eigenvalue weighted by Gasteiger charge is -2.28. The predicted molar refractivity (Wildman–Crippen MR) is 325 cm³/mol. The highest BCUT2D eigenvalue weighted by molar-refractivity contribution is 6.15. The zero-order valence-corrected chi connectivity index (χ0v) is 43.3. The average Bonchev–Trinajstić information content (AvgIpc) is 4.52. The third-order valence-electron chi connectivity index (χ3n) is 17.7. The number of allylic oxidation sites excluding steroid dienone is 2. The van der Waals surface area contributed by atoms with E-state index in [0.29, 0.717) is 0 Å². The molecule has 2 aliphatic carbocycles. The summed E-state index contributed by atoms with van der Waals surface area (Å²) in [5.41, 5.74) is 26.3. The van der Waals surface area contributed by atoms with Gasteiger partial charge in [-0.05, 0) is 197 Å². The summed E-state index contributed by atoms with van der Waals surface area (Å²) >= 11 is 0. The Kier molecular flexibility index (Phi) is 9.12. The fraction of sp³-hybridized carbons (Fsp3) is 0.0833. The summed E-state index contributed by atoms with van der Waals surface area (Å²) in [6, 6.07) is 71.2. The van der Waals surface area contributed by atoms with Crippen molar-refractivity contribution in [1.82, 2.24) is 23.7 Å². The first-order chi connectivity index (χ1) is 38.5. The maximum Gasteiger partial charge on any atom is 0.118 e. The monoisotopic (exact) mass is 1000 g/mol. The summed E-state index contributed by atoms with van der Waals surface area (Å²) in [5.74, 6) is 1.39. The number of hydrogen-bond donors (Lipinski definition) is 2. The van der Waals surface area contributed by atoms with Gasteiger partial charge in [0, 0.05) is 73.9 Å². The zero-order chi connectivity index (χ0) is 51.3. The number of aryl methyl sites for hydroxylation is 4. The first-order valence-electron chi connectivity index (χ1n) is 27.4. The number of nitrogens with one attached hydrogen (secondary N) is 2. The van der Waals surface area contributed by atoms with Crippen LogP contribution < -0.4 is 4.90 Å². The number of benzene rings is 9. The Morgan fingerprint density at radius 1 is 0.410 bits per heavy atom. The maximum atomic E-state index is 3.65. The average molecular weight is 1000 g/mol. The zero-order valence-electron chi connectivity index (χ0n) is 43.3. The molecule has 6 nitrogen and oxygen atoms in total. The van der Waals surface area contributed by atoms with Gasteiger partial charge < -0.3 is 24.0 Å². The maximum absolute atomic E-state index is 3.65. The van der Waals surface area contributed by atoms with Gasteiger partial charge in [-0.1, -0.05) is 103 Å². The van der Waals surface area contributed by atoms with E-state index in [4.69, 9.17) is 0 Å². The molecule has 0 radical (unpaired) electrons. The second-order valence-electron chi connectivity index (χ2n) is 21.9. The van der Waals surface area contributed by atoms with Crippen LogP contribution >= 0.6 is 0 Å². The van der Waals surface area contributed by atoms with Crippen LogP contribution in [0.15, 0.2) is 231 Å². The van der Waals surface area contributed by atoms with Crippen LogP contribution in [-0.4, -0.2) is 29.7 Å². The first kappa shape index (κ1) is 43.5. The lowest BCUT2D eigenvalue weighted by molar-refractivity contribution is 0.745. The minimum Gasteiger partial charge on any atom is -0.366 e. The number of nitrogens with zero attached hydrogens (tertiary/aromatic N) is 4. The van der Waals surface area contributed by atoms with Crippen LogP contribution in [0, 0.1) is 13.8 Å². The van der Waals surface area contributed by atoms with Gasteiger partial charge >= 0.3 is 0 Å². The number of rotatable bonds is 6. The van der Waals surface area contributed by atoms with Gasteiger partial charge in [0.05, 0.1) is 44.8 Å². The number of para-hydroxylation sites is 3. The van der Waals surface area contributed by atoms with Crippen molar-refractivity contribution in [2.75, 3.05) is 4.90 Å². The number of hydrogen-bond acceptors (Lipinski definition) is 1. The Hall–Kier alpha value is -9.78. The molecule has 3 aliphatic rings. The molecule has 6 heteroatoms. The molecule has 0 amide bonds. The van der Waals surface area contributed by atoms with E-state index in [0.717, 1.165) is 18.7 Å². The number of anilines is 2. The topological polar surface area (TPSA) is 49.6 Å². The summed E-state index contributed by atoms with van der Waals surface area (Å²) in [4.78, 5) is 9.61. The summed E-state index contributed by atoms with van der Waals surface area (Å²) in [6.07, 6.45) is 17.4. The molecule has 0 saturated heterocycles. The molecule has 0 fully saturated rings. The molecule has 370 valence electrons. The van der Waals surface area contributed by atoms with Gasteiger partial charge in [0.2, 0.25) is 0 Å². The van der Waals surface area contributed by atoms with Gasteiger partial charge in [0.15, 0.2) is 0 Å². The minimum absolute atomic E-state index is 0.252. The van der Waals surface area contributed by atoms with Crippen LogP contribution in [0.5, 0.6) is 0 Å². The van der Waals surface area contributed by atoms with Crippen molar-refractivity contribution in [3.63, 3.8) is 0 Å². The molecule has 2 unspecified atom stereocenters. The summed E-state index contributed by atoms with van der Waals surface area (Å²) < 4.78 is 7.35. The van der Waals surface area contributed by atoms with Crippen molar-refractivity contribution in [3.05, 3.63) is 259 Å². The summed E-state index contributed by atoms with van der Waals surface area (Å²) in [6.45, 7) is 4.42. The smallest absolute Gasteiger partial charge is 0.118 e. The van der Waals surface area contributed by atoms with Gasteiger partial charge in [-0.2, -0.15) is 0 Å². The second kappa shape index (κ2) is 16.4. The summed E-state index contributed by atoms with van der Waals surface area (Å²) in [7, 11) is 0.